The van der Waals surface area contributed by atoms with E-state index in [4.69, 9.17) is 4.42 Å². The second-order valence-electron chi connectivity index (χ2n) is 6.42. The van der Waals surface area contributed by atoms with Crippen LogP contribution in [0.1, 0.15) is 6.92 Å². The van der Waals surface area contributed by atoms with Crippen LogP contribution >= 0.6 is 11.8 Å². The van der Waals surface area contributed by atoms with E-state index in [1.54, 1.807) is 19.3 Å². The van der Waals surface area contributed by atoms with Crippen molar-refractivity contribution in [1.29, 1.82) is 0 Å². The number of β-lactam (4-membered cyclic amide) rings is 1. The Kier molecular flexibility index (Phi) is 4.31. The lowest BCUT2D eigenvalue weighted by Crippen LogP contribution is -2.70. The molecule has 140 valence electrons. The highest BCUT2D eigenvalue weighted by Gasteiger charge is 2.53. The molecule has 1 aromatic carbocycles. The molecule has 2 atom stereocenters. The van der Waals surface area contributed by atoms with Gasteiger partial charge in [-0.15, -0.1) is 11.8 Å². The molecule has 0 radical (unpaired) electrons. The van der Waals surface area contributed by atoms with E-state index in [0.29, 0.717) is 11.3 Å². The summed E-state index contributed by atoms with van der Waals surface area (Å²) in [7, 11) is 0. The molecule has 27 heavy (non-hydrogen) atoms. The van der Waals surface area contributed by atoms with Crippen LogP contribution < -0.4 is 10.6 Å². The normalized spacial score (nSPS) is 21.7. The zero-order chi connectivity index (χ0) is 19.1. The van der Waals surface area contributed by atoms with Gasteiger partial charge in [-0.3, -0.25) is 14.5 Å². The molecule has 0 spiro atoms. The predicted molar refractivity (Wildman–Crippen MR) is 100 cm³/mol. The minimum Gasteiger partial charge on any atom is -0.477 e. The molecule has 9 heteroatoms. The van der Waals surface area contributed by atoms with Crippen LogP contribution in [0.25, 0.3) is 11.0 Å². The first-order valence-electron chi connectivity index (χ1n) is 8.34. The number of hydrogen-bond donors (Lipinski definition) is 3. The second kappa shape index (κ2) is 6.66. The van der Waals surface area contributed by atoms with Gasteiger partial charge in [0.05, 0.1) is 12.8 Å². The monoisotopic (exact) mass is 387 g/mol. The lowest BCUT2D eigenvalue weighted by Gasteiger charge is -2.49. The van der Waals surface area contributed by atoms with Crippen LogP contribution in [0.3, 0.4) is 0 Å². The molecule has 1 aromatic heterocycles. The van der Waals surface area contributed by atoms with Crippen molar-refractivity contribution >= 4 is 46.2 Å². The van der Waals surface area contributed by atoms with Crippen molar-refractivity contribution in [3.63, 3.8) is 0 Å². The first kappa shape index (κ1) is 17.5. The van der Waals surface area contributed by atoms with Crippen LogP contribution in [0.15, 0.2) is 46.2 Å². The fourth-order valence-corrected chi connectivity index (χ4v) is 4.55. The Morgan fingerprint density at radius 3 is 2.96 bits per heavy atom. The van der Waals surface area contributed by atoms with Crippen molar-refractivity contribution in [2.75, 3.05) is 17.6 Å². The summed E-state index contributed by atoms with van der Waals surface area (Å²) in [5, 5.41) is 15.6. The number of carboxylic acid groups (broad SMARTS) is 1. The number of furan rings is 1. The van der Waals surface area contributed by atoms with Crippen LogP contribution in [0, 0.1) is 0 Å². The van der Waals surface area contributed by atoms with Gasteiger partial charge in [-0.05, 0) is 36.8 Å². The Morgan fingerprint density at radius 2 is 2.19 bits per heavy atom. The topological polar surface area (TPSA) is 112 Å². The average molecular weight is 387 g/mol. The van der Waals surface area contributed by atoms with E-state index in [-0.39, 0.29) is 23.5 Å². The summed E-state index contributed by atoms with van der Waals surface area (Å²) in [4.78, 5) is 37.2. The standard InChI is InChI=1S/C18H17N3O5S/c1-9-8-27-17-14(16(23)21(17)15(9)18(24)25)20-13(22)7-19-11-2-3-12-10(6-11)4-5-26-12/h2-6,14,17,19H,7-8H2,1H3,(H,20,22)(H,24,25)/t14?,17-/m0/s1. The molecule has 2 aromatic rings. The molecule has 2 aliphatic rings. The molecular weight excluding hydrogens is 370 g/mol. The summed E-state index contributed by atoms with van der Waals surface area (Å²) < 4.78 is 5.27. The second-order valence-corrected chi connectivity index (χ2v) is 7.52. The molecule has 0 aliphatic carbocycles. The Labute approximate surface area is 158 Å². The van der Waals surface area contributed by atoms with E-state index < -0.39 is 17.9 Å². The smallest absolute Gasteiger partial charge is 0.352 e. The number of benzene rings is 1. The van der Waals surface area contributed by atoms with Crippen LogP contribution in [0.4, 0.5) is 5.69 Å². The van der Waals surface area contributed by atoms with Gasteiger partial charge >= 0.3 is 5.97 Å². The summed E-state index contributed by atoms with van der Waals surface area (Å²) in [5.74, 6) is -1.32. The molecule has 8 nitrogen and oxygen atoms in total. The third-order valence-corrected chi connectivity index (χ3v) is 6.01. The number of carbonyl (C=O) groups excluding carboxylic acids is 2. The molecule has 2 amide bonds. The number of anilines is 1. The maximum atomic E-state index is 12.4. The molecule has 1 saturated heterocycles. The zero-order valence-electron chi connectivity index (χ0n) is 14.4. The lowest BCUT2D eigenvalue weighted by molar-refractivity contribution is -0.150. The largest absolute Gasteiger partial charge is 0.477 e. The van der Waals surface area contributed by atoms with Gasteiger partial charge in [0.2, 0.25) is 5.91 Å². The highest BCUT2D eigenvalue weighted by molar-refractivity contribution is 8.00. The third-order valence-electron chi connectivity index (χ3n) is 4.58. The summed E-state index contributed by atoms with van der Waals surface area (Å²) in [6.45, 7) is 1.71. The van der Waals surface area contributed by atoms with E-state index in [0.717, 1.165) is 16.7 Å². The van der Waals surface area contributed by atoms with E-state index in [1.165, 1.54) is 16.7 Å². The first-order chi connectivity index (χ1) is 13.0. The molecule has 2 aliphatic heterocycles. The number of carbonyl (C=O) groups is 3. The molecule has 3 N–H and O–H groups in total. The number of thioether (sulfide) groups is 1. The van der Waals surface area contributed by atoms with Gasteiger partial charge in [-0.25, -0.2) is 4.79 Å². The van der Waals surface area contributed by atoms with Crippen LogP contribution in [-0.2, 0) is 14.4 Å². The fourth-order valence-electron chi connectivity index (χ4n) is 3.26. The minimum atomic E-state index is -1.12. The Hall–Kier alpha value is -2.94. The Bertz CT molecular complexity index is 982. The summed E-state index contributed by atoms with van der Waals surface area (Å²) >= 11 is 1.45. The van der Waals surface area contributed by atoms with Gasteiger partial charge in [-0.2, -0.15) is 0 Å². The third kappa shape index (κ3) is 3.03. The number of nitrogens with zero attached hydrogens (tertiary/aromatic N) is 1. The van der Waals surface area contributed by atoms with Gasteiger partial charge in [-0.1, -0.05) is 0 Å². The van der Waals surface area contributed by atoms with Crippen LogP contribution in [0.2, 0.25) is 0 Å². The molecule has 1 unspecified atom stereocenters. The zero-order valence-corrected chi connectivity index (χ0v) is 15.2. The van der Waals surface area contributed by atoms with Gasteiger partial charge in [0.1, 0.15) is 22.7 Å². The number of carboxylic acids is 1. The SMILES string of the molecule is CC1=C(C(=O)O)N2C(=O)C(NC(=O)CNc3ccc4occc4c3)[C@@H]2SC1. The number of amides is 2. The summed E-state index contributed by atoms with van der Waals surface area (Å²) in [6, 6.07) is 6.61. The molecule has 0 saturated carbocycles. The Balaban J connectivity index is 1.36. The fraction of sp³-hybridized carbons (Fsp3) is 0.278. The van der Waals surface area contributed by atoms with Crippen molar-refractivity contribution in [2.45, 2.75) is 18.3 Å². The number of rotatable bonds is 5. The average Bonchev–Trinajstić information content (AvgIpc) is 3.11. The lowest BCUT2D eigenvalue weighted by atomic mass is 10.0. The molecule has 0 bridgehead atoms. The maximum absolute atomic E-state index is 12.4. The van der Waals surface area contributed by atoms with Crippen LogP contribution in [0.5, 0.6) is 0 Å². The highest BCUT2D eigenvalue weighted by atomic mass is 32.2. The molecule has 1 fully saturated rings. The van der Waals surface area contributed by atoms with Gasteiger partial charge in [0.15, 0.2) is 0 Å². The number of aliphatic carboxylic acids is 1. The summed E-state index contributed by atoms with van der Waals surface area (Å²) in [5.41, 5.74) is 2.20. The maximum Gasteiger partial charge on any atom is 0.352 e. The van der Waals surface area contributed by atoms with Gasteiger partial charge < -0.3 is 20.2 Å². The highest BCUT2D eigenvalue weighted by Crippen LogP contribution is 2.40. The van der Waals surface area contributed by atoms with Gasteiger partial charge in [0.25, 0.3) is 5.91 Å². The van der Waals surface area contributed by atoms with Crippen LogP contribution in [-0.4, -0.2) is 51.5 Å². The van der Waals surface area contributed by atoms with Crippen molar-refractivity contribution in [3.05, 3.63) is 41.8 Å². The van der Waals surface area contributed by atoms with Crippen molar-refractivity contribution in [2.24, 2.45) is 0 Å². The summed E-state index contributed by atoms with van der Waals surface area (Å²) in [6.07, 6.45) is 1.60. The Morgan fingerprint density at radius 1 is 1.37 bits per heavy atom. The van der Waals surface area contributed by atoms with Crippen molar-refractivity contribution in [1.82, 2.24) is 10.2 Å². The van der Waals surface area contributed by atoms with Gasteiger partial charge in [0, 0.05) is 16.8 Å². The first-order valence-corrected chi connectivity index (χ1v) is 9.39. The minimum absolute atomic E-state index is 0.00514. The number of fused-ring (bicyclic) bond motifs is 2. The molecule has 3 heterocycles. The molecular formula is C18H17N3O5S. The van der Waals surface area contributed by atoms with Crippen molar-refractivity contribution < 1.29 is 23.9 Å². The predicted octanol–water partition coefficient (Wildman–Crippen LogP) is 1.60. The van der Waals surface area contributed by atoms with E-state index >= 15 is 0 Å². The molecule has 4 rings (SSSR count). The van der Waals surface area contributed by atoms with E-state index in [2.05, 4.69) is 10.6 Å². The van der Waals surface area contributed by atoms with Crippen molar-refractivity contribution in [3.8, 4) is 0 Å². The van der Waals surface area contributed by atoms with E-state index in [1.807, 2.05) is 18.2 Å². The van der Waals surface area contributed by atoms with E-state index in [9.17, 15) is 19.5 Å². The number of hydrogen-bond acceptors (Lipinski definition) is 6. The number of nitrogens with one attached hydrogen (secondary N) is 2. The quantitative estimate of drug-likeness (QED) is 0.668.